The van der Waals surface area contributed by atoms with Gasteiger partial charge in [-0.05, 0) is 37.1 Å². The number of amides is 1. The van der Waals surface area contributed by atoms with Crippen molar-refractivity contribution < 1.29 is 4.79 Å². The molecule has 0 saturated carbocycles. The van der Waals surface area contributed by atoms with Crippen LogP contribution in [-0.2, 0) is 4.79 Å². The number of likely N-dealkylation sites (N-methyl/N-ethyl adjacent to an activating group) is 1. The summed E-state index contributed by atoms with van der Waals surface area (Å²) in [6, 6.07) is 5.98. The van der Waals surface area contributed by atoms with Crippen molar-refractivity contribution in [2.24, 2.45) is 0 Å². The predicted molar refractivity (Wildman–Crippen MR) is 68.5 cm³/mol. The standard InChI is InChI=1S/C12H15BrN2O/c1-8-7-9(3-4-10(8)13)14-11-5-6-15(2)12(11)16/h3-4,7,11,14H,5-6H2,1-2H3. The lowest BCUT2D eigenvalue weighted by Crippen LogP contribution is -2.30. The zero-order chi connectivity index (χ0) is 11.7. The van der Waals surface area contributed by atoms with Crippen LogP contribution in [0.3, 0.4) is 0 Å². The molecule has 0 aromatic heterocycles. The lowest BCUT2D eigenvalue weighted by Gasteiger charge is -2.14. The normalized spacial score (nSPS) is 20.3. The Labute approximate surface area is 104 Å². The highest BCUT2D eigenvalue weighted by molar-refractivity contribution is 9.10. The molecule has 1 heterocycles. The fraction of sp³-hybridized carbons (Fsp3) is 0.417. The highest BCUT2D eigenvalue weighted by atomic mass is 79.9. The van der Waals surface area contributed by atoms with E-state index in [9.17, 15) is 4.79 Å². The number of nitrogens with one attached hydrogen (secondary N) is 1. The number of carbonyl (C=O) groups is 1. The van der Waals surface area contributed by atoms with Crippen LogP contribution in [0.15, 0.2) is 22.7 Å². The van der Waals surface area contributed by atoms with Crippen LogP contribution in [0, 0.1) is 6.92 Å². The predicted octanol–water partition coefficient (Wildman–Crippen LogP) is 2.40. The number of rotatable bonds is 2. The van der Waals surface area contributed by atoms with Crippen molar-refractivity contribution in [1.82, 2.24) is 4.90 Å². The summed E-state index contributed by atoms with van der Waals surface area (Å²) in [4.78, 5) is 13.5. The highest BCUT2D eigenvalue weighted by Crippen LogP contribution is 2.22. The van der Waals surface area contributed by atoms with E-state index in [0.29, 0.717) is 0 Å². The van der Waals surface area contributed by atoms with E-state index in [2.05, 4.69) is 27.3 Å². The maximum Gasteiger partial charge on any atom is 0.244 e. The third-order valence-electron chi connectivity index (χ3n) is 2.93. The van der Waals surface area contributed by atoms with Crippen molar-refractivity contribution in [3.05, 3.63) is 28.2 Å². The molecule has 1 aliphatic rings. The van der Waals surface area contributed by atoms with E-state index < -0.39 is 0 Å². The lowest BCUT2D eigenvalue weighted by atomic mass is 10.2. The number of anilines is 1. The first-order valence-corrected chi connectivity index (χ1v) is 6.15. The Balaban J connectivity index is 2.10. The molecule has 1 aliphatic heterocycles. The lowest BCUT2D eigenvalue weighted by molar-refractivity contribution is -0.127. The van der Waals surface area contributed by atoms with Gasteiger partial charge in [0.1, 0.15) is 6.04 Å². The summed E-state index contributed by atoms with van der Waals surface area (Å²) in [5, 5.41) is 3.28. The van der Waals surface area contributed by atoms with E-state index in [4.69, 9.17) is 0 Å². The van der Waals surface area contributed by atoms with E-state index in [1.165, 1.54) is 5.56 Å². The second-order valence-electron chi connectivity index (χ2n) is 4.21. The van der Waals surface area contributed by atoms with Crippen LogP contribution in [0.4, 0.5) is 5.69 Å². The molecule has 4 heteroatoms. The first-order valence-electron chi connectivity index (χ1n) is 5.35. The fourth-order valence-electron chi connectivity index (χ4n) is 1.89. The van der Waals surface area contributed by atoms with Gasteiger partial charge in [0.25, 0.3) is 0 Å². The van der Waals surface area contributed by atoms with Gasteiger partial charge in [-0.1, -0.05) is 15.9 Å². The summed E-state index contributed by atoms with van der Waals surface area (Å²) in [6.45, 7) is 2.88. The smallest absolute Gasteiger partial charge is 0.244 e. The van der Waals surface area contributed by atoms with Gasteiger partial charge in [0.15, 0.2) is 0 Å². The van der Waals surface area contributed by atoms with Gasteiger partial charge in [-0.2, -0.15) is 0 Å². The first-order chi connectivity index (χ1) is 7.58. The van der Waals surface area contributed by atoms with Crippen LogP contribution in [0.25, 0.3) is 0 Å². The first kappa shape index (κ1) is 11.5. The number of benzene rings is 1. The summed E-state index contributed by atoms with van der Waals surface area (Å²) >= 11 is 3.46. The molecule has 1 N–H and O–H groups in total. The molecule has 0 bridgehead atoms. The van der Waals surface area contributed by atoms with E-state index in [1.807, 2.05) is 26.1 Å². The monoisotopic (exact) mass is 282 g/mol. The summed E-state index contributed by atoms with van der Waals surface area (Å²) in [5.74, 6) is 0.181. The van der Waals surface area contributed by atoms with Gasteiger partial charge in [-0.25, -0.2) is 0 Å². The molecule has 0 spiro atoms. The molecular formula is C12H15BrN2O. The summed E-state index contributed by atoms with van der Waals surface area (Å²) < 4.78 is 1.09. The SMILES string of the molecule is Cc1cc(NC2CCN(C)C2=O)ccc1Br. The number of halogens is 1. The quantitative estimate of drug-likeness (QED) is 0.904. The number of likely N-dealkylation sites (tertiary alicyclic amines) is 1. The molecule has 1 unspecified atom stereocenters. The molecule has 1 atom stereocenters. The Morgan fingerprint density at radius 1 is 1.50 bits per heavy atom. The molecule has 0 aliphatic carbocycles. The molecule has 1 aromatic carbocycles. The molecule has 1 amide bonds. The van der Waals surface area contributed by atoms with E-state index in [1.54, 1.807) is 4.90 Å². The molecule has 3 nitrogen and oxygen atoms in total. The third kappa shape index (κ3) is 2.21. The molecule has 1 aromatic rings. The molecule has 86 valence electrons. The van der Waals surface area contributed by atoms with Gasteiger partial charge >= 0.3 is 0 Å². The number of carbonyl (C=O) groups excluding carboxylic acids is 1. The van der Waals surface area contributed by atoms with Gasteiger partial charge in [-0.3, -0.25) is 4.79 Å². The molecule has 1 fully saturated rings. The third-order valence-corrected chi connectivity index (χ3v) is 3.82. The molecule has 0 radical (unpaired) electrons. The second kappa shape index (κ2) is 4.45. The van der Waals surface area contributed by atoms with Crippen LogP contribution < -0.4 is 5.32 Å². The zero-order valence-corrected chi connectivity index (χ0v) is 11.0. The Hall–Kier alpha value is -1.03. The van der Waals surface area contributed by atoms with E-state index >= 15 is 0 Å². The Kier molecular flexibility index (Phi) is 3.19. The van der Waals surface area contributed by atoms with Crippen molar-refractivity contribution >= 4 is 27.5 Å². The van der Waals surface area contributed by atoms with Crippen LogP contribution in [0.5, 0.6) is 0 Å². The van der Waals surface area contributed by atoms with Crippen molar-refractivity contribution in [3.63, 3.8) is 0 Å². The summed E-state index contributed by atoms with van der Waals surface area (Å²) in [5.41, 5.74) is 2.18. The molecule has 2 rings (SSSR count). The highest BCUT2D eigenvalue weighted by Gasteiger charge is 2.28. The maximum atomic E-state index is 11.7. The van der Waals surface area contributed by atoms with Gasteiger partial charge in [0, 0.05) is 23.8 Å². The number of hydrogen-bond donors (Lipinski definition) is 1. The van der Waals surface area contributed by atoms with Crippen LogP contribution in [0.2, 0.25) is 0 Å². The Bertz CT molecular complexity index is 419. The van der Waals surface area contributed by atoms with Gasteiger partial charge in [0.2, 0.25) is 5.91 Å². The van der Waals surface area contributed by atoms with Crippen LogP contribution >= 0.6 is 15.9 Å². The minimum Gasteiger partial charge on any atom is -0.374 e. The fourth-order valence-corrected chi connectivity index (χ4v) is 2.14. The molecule has 16 heavy (non-hydrogen) atoms. The largest absolute Gasteiger partial charge is 0.374 e. The van der Waals surface area contributed by atoms with Gasteiger partial charge < -0.3 is 10.2 Å². The maximum absolute atomic E-state index is 11.7. The number of aryl methyl sites for hydroxylation is 1. The number of nitrogens with zero attached hydrogens (tertiary/aromatic N) is 1. The summed E-state index contributed by atoms with van der Waals surface area (Å²) in [6.07, 6.45) is 0.879. The van der Waals surface area contributed by atoms with Crippen molar-refractivity contribution in [2.75, 3.05) is 18.9 Å². The summed E-state index contributed by atoms with van der Waals surface area (Å²) in [7, 11) is 1.84. The molecule has 1 saturated heterocycles. The van der Waals surface area contributed by atoms with Crippen LogP contribution in [0.1, 0.15) is 12.0 Å². The van der Waals surface area contributed by atoms with Gasteiger partial charge in [0.05, 0.1) is 0 Å². The average Bonchev–Trinajstić information content (AvgIpc) is 2.55. The Morgan fingerprint density at radius 3 is 2.81 bits per heavy atom. The molecular weight excluding hydrogens is 268 g/mol. The second-order valence-corrected chi connectivity index (χ2v) is 5.06. The zero-order valence-electron chi connectivity index (χ0n) is 9.46. The topological polar surface area (TPSA) is 32.3 Å². The van der Waals surface area contributed by atoms with Crippen molar-refractivity contribution in [1.29, 1.82) is 0 Å². The van der Waals surface area contributed by atoms with E-state index in [-0.39, 0.29) is 11.9 Å². The Morgan fingerprint density at radius 2 is 2.25 bits per heavy atom. The van der Waals surface area contributed by atoms with E-state index in [0.717, 1.165) is 23.1 Å². The van der Waals surface area contributed by atoms with Crippen LogP contribution in [-0.4, -0.2) is 30.4 Å². The van der Waals surface area contributed by atoms with Crippen molar-refractivity contribution in [2.45, 2.75) is 19.4 Å². The van der Waals surface area contributed by atoms with Crippen molar-refractivity contribution in [3.8, 4) is 0 Å². The average molecular weight is 283 g/mol. The number of hydrogen-bond acceptors (Lipinski definition) is 2. The van der Waals surface area contributed by atoms with Gasteiger partial charge in [-0.15, -0.1) is 0 Å². The minimum absolute atomic E-state index is 0.0643. The minimum atomic E-state index is -0.0643.